The molecule has 1 aromatic heterocycles. The summed E-state index contributed by atoms with van der Waals surface area (Å²) in [4.78, 5) is 23.2. The minimum absolute atomic E-state index is 0.116. The predicted octanol–water partition coefficient (Wildman–Crippen LogP) is 1.48. The molecule has 0 saturated heterocycles. The Kier molecular flexibility index (Phi) is 7.20. The number of anilines is 1. The maximum Gasteiger partial charge on any atom is 0.344 e. The Bertz CT molecular complexity index is 876. The number of nitrogens with zero attached hydrogens (tertiary/aromatic N) is 1. The lowest BCUT2D eigenvalue weighted by Gasteiger charge is -2.10. The number of aliphatic hydroxyl groups is 2. The smallest absolute Gasteiger partial charge is 0.344 e. The fourth-order valence-electron chi connectivity index (χ4n) is 2.01. The average Bonchev–Trinajstić information content (AvgIpc) is 3.06. The molecule has 0 saturated carbocycles. The normalized spacial score (nSPS) is 11.8. The average molecular weight is 417 g/mol. The molecule has 0 aliphatic carbocycles. The summed E-state index contributed by atoms with van der Waals surface area (Å²) in [5.74, 6) is -3.96. The van der Waals surface area contributed by atoms with Gasteiger partial charge in [0.2, 0.25) is 5.88 Å². The first-order valence-corrected chi connectivity index (χ1v) is 8.65. The number of benzene rings is 1. The highest BCUT2D eigenvalue weighted by Crippen LogP contribution is 2.31. The summed E-state index contributed by atoms with van der Waals surface area (Å²) in [7, 11) is 0. The zero-order chi connectivity index (χ0) is 20.8. The fourth-order valence-corrected chi connectivity index (χ4v) is 2.74. The first-order chi connectivity index (χ1) is 13.2. The van der Waals surface area contributed by atoms with E-state index in [-0.39, 0.29) is 28.6 Å². The number of urea groups is 1. The minimum Gasteiger partial charge on any atom is -0.477 e. The van der Waals surface area contributed by atoms with Crippen LogP contribution in [0.4, 0.5) is 18.6 Å². The van der Waals surface area contributed by atoms with Crippen molar-refractivity contribution in [2.45, 2.75) is 19.6 Å². The monoisotopic (exact) mass is 417 g/mol. The Morgan fingerprint density at radius 3 is 2.68 bits per heavy atom. The molecule has 0 bridgehead atoms. The van der Waals surface area contributed by atoms with Crippen molar-refractivity contribution < 1.29 is 38.4 Å². The first-order valence-electron chi connectivity index (χ1n) is 7.87. The number of rotatable bonds is 8. The van der Waals surface area contributed by atoms with Gasteiger partial charge in [0.1, 0.15) is 11.6 Å². The van der Waals surface area contributed by atoms with Gasteiger partial charge < -0.3 is 25.4 Å². The number of carboxylic acid groups (broad SMARTS) is 1. The number of ether oxygens (including phenoxy) is 1. The van der Waals surface area contributed by atoms with E-state index in [0.29, 0.717) is 11.5 Å². The van der Waals surface area contributed by atoms with Crippen LogP contribution in [0.5, 0.6) is 5.88 Å². The van der Waals surface area contributed by atoms with Crippen molar-refractivity contribution >= 4 is 28.5 Å². The van der Waals surface area contributed by atoms with Gasteiger partial charge in [0, 0.05) is 12.1 Å². The standard InChI is InChI=1S/C16H17F2N3O6S/c1-7-2-3-8(12(18)11(7)17)6-27-13-10(15(24)25)14(28-21-13)20-16(26)19-4-9(23)5-22/h2-3,9,22-23H,4-6H2,1H3,(H,24,25)(H2,19,20,26). The molecule has 1 heterocycles. The molecule has 1 aromatic carbocycles. The summed E-state index contributed by atoms with van der Waals surface area (Å²) < 4.78 is 36.5. The molecule has 0 fully saturated rings. The quantitative estimate of drug-likeness (QED) is 0.438. The van der Waals surface area contributed by atoms with Gasteiger partial charge in [-0.15, -0.1) is 0 Å². The Morgan fingerprint density at radius 2 is 2.04 bits per heavy atom. The summed E-state index contributed by atoms with van der Waals surface area (Å²) in [5, 5.41) is 31.5. The van der Waals surface area contributed by atoms with Crippen LogP contribution < -0.4 is 15.4 Å². The second kappa shape index (κ2) is 9.39. The molecule has 5 N–H and O–H groups in total. The van der Waals surface area contributed by atoms with Gasteiger partial charge >= 0.3 is 12.0 Å². The van der Waals surface area contributed by atoms with Gasteiger partial charge in [-0.2, -0.15) is 4.37 Å². The number of carboxylic acids is 1. The van der Waals surface area contributed by atoms with E-state index in [1.165, 1.54) is 19.1 Å². The minimum atomic E-state index is -1.45. The number of nitrogens with one attached hydrogen (secondary N) is 2. The number of carbonyl (C=O) groups is 2. The summed E-state index contributed by atoms with van der Waals surface area (Å²) in [6, 6.07) is 1.82. The lowest BCUT2D eigenvalue weighted by Crippen LogP contribution is -2.36. The molecule has 0 spiro atoms. The number of aromatic carboxylic acids is 1. The number of amides is 2. The van der Waals surface area contributed by atoms with Gasteiger partial charge in [-0.3, -0.25) is 5.32 Å². The van der Waals surface area contributed by atoms with Gasteiger partial charge in [-0.05, 0) is 24.0 Å². The molecule has 152 valence electrons. The molecule has 1 atom stereocenters. The van der Waals surface area contributed by atoms with Crippen LogP contribution in [0.25, 0.3) is 0 Å². The Labute approximate surface area is 161 Å². The van der Waals surface area contributed by atoms with Crippen molar-refractivity contribution in [3.8, 4) is 5.88 Å². The van der Waals surface area contributed by atoms with Gasteiger partial charge in [-0.1, -0.05) is 12.1 Å². The van der Waals surface area contributed by atoms with Crippen molar-refractivity contribution in [1.29, 1.82) is 0 Å². The third kappa shape index (κ3) is 5.12. The van der Waals surface area contributed by atoms with Crippen LogP contribution in [0, 0.1) is 18.6 Å². The van der Waals surface area contributed by atoms with Crippen LogP contribution in [0.3, 0.4) is 0 Å². The Morgan fingerprint density at radius 1 is 1.32 bits per heavy atom. The highest BCUT2D eigenvalue weighted by atomic mass is 32.1. The maximum atomic E-state index is 13.9. The number of aliphatic hydroxyl groups excluding tert-OH is 2. The second-order valence-corrected chi connectivity index (χ2v) is 6.40. The van der Waals surface area contributed by atoms with E-state index in [1.54, 1.807) is 0 Å². The number of hydrogen-bond donors (Lipinski definition) is 5. The molecule has 0 radical (unpaired) electrons. The van der Waals surface area contributed by atoms with E-state index in [0.717, 1.165) is 0 Å². The van der Waals surface area contributed by atoms with Crippen LogP contribution in [0.1, 0.15) is 21.5 Å². The molecule has 0 aliphatic heterocycles. The third-order valence-electron chi connectivity index (χ3n) is 3.53. The molecular formula is C16H17F2N3O6S. The van der Waals surface area contributed by atoms with Gasteiger partial charge in [0.15, 0.2) is 17.2 Å². The van der Waals surface area contributed by atoms with Gasteiger partial charge in [0.05, 0.1) is 12.7 Å². The van der Waals surface area contributed by atoms with Crippen LogP contribution in [-0.4, -0.2) is 50.9 Å². The third-order valence-corrected chi connectivity index (χ3v) is 4.28. The molecular weight excluding hydrogens is 400 g/mol. The molecule has 2 rings (SSSR count). The predicted molar refractivity (Wildman–Crippen MR) is 94.6 cm³/mol. The zero-order valence-corrected chi connectivity index (χ0v) is 15.3. The molecule has 28 heavy (non-hydrogen) atoms. The summed E-state index contributed by atoms with van der Waals surface area (Å²) in [6.45, 7) is 0.108. The SMILES string of the molecule is Cc1ccc(COc2nsc(NC(=O)NCC(O)CO)c2C(=O)O)c(F)c1F. The summed E-state index contributed by atoms with van der Waals surface area (Å²) in [5.41, 5.74) is -0.474. The fraction of sp³-hybridized carbons (Fsp3) is 0.312. The first kappa shape index (κ1) is 21.5. The molecule has 0 aliphatic rings. The number of hydrogen-bond acceptors (Lipinski definition) is 7. The lowest BCUT2D eigenvalue weighted by molar-refractivity contribution is 0.0693. The van der Waals surface area contributed by atoms with Crippen molar-refractivity contribution in [2.24, 2.45) is 0 Å². The van der Waals surface area contributed by atoms with E-state index in [2.05, 4.69) is 15.0 Å². The molecule has 2 amide bonds. The van der Waals surface area contributed by atoms with E-state index in [9.17, 15) is 28.6 Å². The molecule has 1 unspecified atom stereocenters. The second-order valence-electron chi connectivity index (χ2n) is 5.63. The largest absolute Gasteiger partial charge is 0.477 e. The van der Waals surface area contributed by atoms with Crippen LogP contribution in [-0.2, 0) is 6.61 Å². The summed E-state index contributed by atoms with van der Waals surface area (Å²) in [6.07, 6.45) is -1.17. The Balaban J connectivity index is 2.11. The van der Waals surface area contributed by atoms with Crippen molar-refractivity contribution in [2.75, 3.05) is 18.5 Å². The van der Waals surface area contributed by atoms with Crippen LogP contribution >= 0.6 is 11.5 Å². The summed E-state index contributed by atoms with van der Waals surface area (Å²) >= 11 is 0.610. The van der Waals surface area contributed by atoms with E-state index in [4.69, 9.17) is 9.84 Å². The highest BCUT2D eigenvalue weighted by molar-refractivity contribution is 7.11. The topological polar surface area (TPSA) is 141 Å². The molecule has 2 aromatic rings. The van der Waals surface area contributed by atoms with Gasteiger partial charge in [-0.25, -0.2) is 18.4 Å². The number of aromatic nitrogens is 1. The highest BCUT2D eigenvalue weighted by Gasteiger charge is 2.24. The van der Waals surface area contributed by atoms with Crippen molar-refractivity contribution in [1.82, 2.24) is 9.69 Å². The van der Waals surface area contributed by atoms with Gasteiger partial charge in [0.25, 0.3) is 0 Å². The lowest BCUT2D eigenvalue weighted by atomic mass is 10.1. The van der Waals surface area contributed by atoms with Crippen molar-refractivity contribution in [3.63, 3.8) is 0 Å². The maximum absolute atomic E-state index is 13.9. The van der Waals surface area contributed by atoms with Crippen LogP contribution in [0.15, 0.2) is 12.1 Å². The zero-order valence-electron chi connectivity index (χ0n) is 14.5. The van der Waals surface area contributed by atoms with Crippen LogP contribution in [0.2, 0.25) is 0 Å². The number of aryl methyl sites for hydroxylation is 1. The molecule has 9 nitrogen and oxygen atoms in total. The molecule has 12 heteroatoms. The van der Waals surface area contributed by atoms with E-state index >= 15 is 0 Å². The van der Waals surface area contributed by atoms with E-state index in [1.807, 2.05) is 0 Å². The number of carbonyl (C=O) groups excluding carboxylic acids is 1. The van der Waals surface area contributed by atoms with Crippen molar-refractivity contribution in [3.05, 3.63) is 40.5 Å². The Hall–Kier alpha value is -2.83. The van der Waals surface area contributed by atoms with E-state index < -0.39 is 48.5 Å². The number of halogens is 2.